The Balaban J connectivity index is 0.00000400. The molecule has 0 saturated carbocycles. The van der Waals surface area contributed by atoms with Gasteiger partial charge in [-0.05, 0) is 17.7 Å². The summed E-state index contributed by atoms with van der Waals surface area (Å²) in [7, 11) is 2.80. The van der Waals surface area contributed by atoms with Crippen molar-refractivity contribution in [3.63, 3.8) is 0 Å². The summed E-state index contributed by atoms with van der Waals surface area (Å²) in [5.41, 5.74) is 0.106. The van der Waals surface area contributed by atoms with E-state index >= 15 is 0 Å². The summed E-state index contributed by atoms with van der Waals surface area (Å²) < 4.78 is 9.97. The molecule has 0 bridgehead atoms. The van der Waals surface area contributed by atoms with E-state index in [-0.39, 0.29) is 46.8 Å². The fourth-order valence-electron chi connectivity index (χ4n) is 1.41. The number of carbonyl (C=O) groups excluding carboxylic acids is 1. The van der Waals surface area contributed by atoms with Crippen molar-refractivity contribution in [3.8, 4) is 17.2 Å². The van der Waals surface area contributed by atoms with E-state index in [2.05, 4.69) is 4.85 Å². The summed E-state index contributed by atoms with van der Waals surface area (Å²) >= 11 is 0. The molecule has 104 valence electrons. The first-order chi connectivity index (χ1) is 9.53. The number of benzene rings is 1. The normalized spacial score (nSPS) is 10.6. The van der Waals surface area contributed by atoms with Crippen LogP contribution in [0.15, 0.2) is 30.0 Å². The number of nitrogens with zero attached hydrogens (tertiary/aromatic N) is 1. The molecule has 0 unspecified atom stereocenters. The molecule has 0 amide bonds. The molecule has 1 aromatic carbocycles. The van der Waals surface area contributed by atoms with Crippen LogP contribution in [0.1, 0.15) is 5.56 Å². The molecule has 0 spiro atoms. The molecule has 0 aliphatic carbocycles. The van der Waals surface area contributed by atoms with Gasteiger partial charge in [0.25, 0.3) is 0 Å². The minimum absolute atomic E-state index is 0. The predicted octanol–water partition coefficient (Wildman–Crippen LogP) is -2.02. The third-order valence-electron chi connectivity index (χ3n) is 2.37. The van der Waals surface area contributed by atoms with Crippen LogP contribution in [0.5, 0.6) is 17.2 Å². The van der Waals surface area contributed by atoms with Crippen LogP contribution < -0.4 is 44.1 Å². The number of aromatic hydroxyl groups is 1. The number of carboxylic acid groups (broad SMARTS) is 1. The Kier molecular flexibility index (Phi) is 8.24. The standard InChI is InChI=1S/C14H13NO5.Na/c1-15-10(14(17)18)6-4-5-9-7-11(19-2)13(16)12(8-9)20-3;/h4-8,16H,2-3H3,(H,17,18);/q;+1/p-1/b5-4+,10-6-;. The molecule has 0 saturated heterocycles. The molecule has 0 aliphatic heterocycles. The maximum absolute atomic E-state index is 10.5. The van der Waals surface area contributed by atoms with Crippen LogP contribution in [0, 0.1) is 6.57 Å². The Morgan fingerprint density at radius 2 is 1.86 bits per heavy atom. The van der Waals surface area contributed by atoms with Crippen LogP contribution in [0.2, 0.25) is 0 Å². The summed E-state index contributed by atoms with van der Waals surface area (Å²) in [6.07, 6.45) is 4.04. The van der Waals surface area contributed by atoms with E-state index < -0.39 is 11.7 Å². The summed E-state index contributed by atoms with van der Waals surface area (Å²) in [6, 6.07) is 3.08. The number of phenolic OH excluding ortho intramolecular Hbond substituents is 1. The van der Waals surface area contributed by atoms with Gasteiger partial charge in [0.15, 0.2) is 11.5 Å². The number of hydrogen-bond donors (Lipinski definition) is 1. The minimum atomic E-state index is -1.54. The first-order valence-electron chi connectivity index (χ1n) is 5.45. The Morgan fingerprint density at radius 3 is 2.24 bits per heavy atom. The number of rotatable bonds is 5. The number of carbonyl (C=O) groups is 1. The number of hydrogen-bond acceptors (Lipinski definition) is 5. The van der Waals surface area contributed by atoms with Crippen molar-refractivity contribution >= 4 is 12.0 Å². The van der Waals surface area contributed by atoms with E-state index in [0.29, 0.717) is 5.56 Å². The molecule has 21 heavy (non-hydrogen) atoms. The smallest absolute Gasteiger partial charge is 0.558 e. The summed E-state index contributed by atoms with van der Waals surface area (Å²) in [6.45, 7) is 6.66. The van der Waals surface area contributed by atoms with Gasteiger partial charge in [-0.2, -0.15) is 0 Å². The fourth-order valence-corrected chi connectivity index (χ4v) is 1.41. The first kappa shape index (κ1) is 19.1. The SMILES string of the molecule is [C-]#[N+]/C(=C\C=C\c1cc(OC)c(O)c(OC)c1)C(=O)[O-].[Na+]. The molecule has 1 N–H and O–H groups in total. The zero-order chi connectivity index (χ0) is 15.1. The topological polar surface area (TPSA) is 83.2 Å². The van der Waals surface area contributed by atoms with Crippen LogP contribution in [0.25, 0.3) is 10.9 Å². The maximum Gasteiger partial charge on any atom is 1.00 e. The Morgan fingerprint density at radius 1 is 1.33 bits per heavy atom. The van der Waals surface area contributed by atoms with E-state index in [9.17, 15) is 15.0 Å². The molecule has 0 aromatic heterocycles. The van der Waals surface area contributed by atoms with Gasteiger partial charge in [-0.1, -0.05) is 18.2 Å². The molecular formula is C14H12NNaO5. The number of phenols is 1. The Hall–Kier alpha value is -1.94. The number of aliphatic carboxylic acids is 1. The van der Waals surface area contributed by atoms with E-state index in [0.717, 1.165) is 6.08 Å². The minimum Gasteiger partial charge on any atom is -0.558 e. The van der Waals surface area contributed by atoms with Crippen LogP contribution in [0.3, 0.4) is 0 Å². The molecule has 0 atom stereocenters. The molecule has 0 fully saturated rings. The summed E-state index contributed by atoms with van der Waals surface area (Å²) in [4.78, 5) is 13.3. The molecular weight excluding hydrogens is 285 g/mol. The number of ether oxygens (including phenoxy) is 2. The largest absolute Gasteiger partial charge is 1.00 e. The summed E-state index contributed by atoms with van der Waals surface area (Å²) in [5.74, 6) is -1.22. The van der Waals surface area contributed by atoms with E-state index in [1.807, 2.05) is 0 Å². The van der Waals surface area contributed by atoms with Gasteiger partial charge in [-0.3, -0.25) is 0 Å². The van der Waals surface area contributed by atoms with Crippen molar-refractivity contribution in [1.29, 1.82) is 0 Å². The van der Waals surface area contributed by atoms with Crippen molar-refractivity contribution in [2.24, 2.45) is 0 Å². The van der Waals surface area contributed by atoms with Crippen LogP contribution in [0.4, 0.5) is 0 Å². The quantitative estimate of drug-likeness (QED) is 0.294. The molecule has 0 radical (unpaired) electrons. The fraction of sp³-hybridized carbons (Fsp3) is 0.143. The second-order valence-electron chi connectivity index (χ2n) is 3.58. The zero-order valence-corrected chi connectivity index (χ0v) is 13.9. The Bertz CT molecular complexity index is 591. The van der Waals surface area contributed by atoms with E-state index in [4.69, 9.17) is 16.0 Å². The van der Waals surface area contributed by atoms with E-state index in [1.165, 1.54) is 20.3 Å². The van der Waals surface area contributed by atoms with Crippen LogP contribution in [-0.4, -0.2) is 25.3 Å². The number of carboxylic acids is 1. The van der Waals surface area contributed by atoms with Gasteiger partial charge in [0.05, 0.1) is 26.8 Å². The average molecular weight is 297 g/mol. The van der Waals surface area contributed by atoms with Gasteiger partial charge in [0.2, 0.25) is 11.4 Å². The monoisotopic (exact) mass is 297 g/mol. The van der Waals surface area contributed by atoms with Crippen LogP contribution in [-0.2, 0) is 4.79 Å². The molecule has 6 nitrogen and oxygen atoms in total. The van der Waals surface area contributed by atoms with Crippen LogP contribution >= 0.6 is 0 Å². The van der Waals surface area contributed by atoms with Gasteiger partial charge in [0, 0.05) is 0 Å². The first-order valence-corrected chi connectivity index (χ1v) is 5.45. The van der Waals surface area contributed by atoms with Crippen molar-refractivity contribution in [1.82, 2.24) is 0 Å². The molecule has 7 heteroatoms. The second kappa shape index (κ2) is 9.08. The molecule has 1 rings (SSSR count). The van der Waals surface area contributed by atoms with Crippen molar-refractivity contribution in [3.05, 3.63) is 47.0 Å². The van der Waals surface area contributed by atoms with Gasteiger partial charge in [0.1, 0.15) is 0 Å². The van der Waals surface area contributed by atoms with Crippen molar-refractivity contribution in [2.75, 3.05) is 14.2 Å². The maximum atomic E-state index is 10.5. The molecule has 0 heterocycles. The number of methoxy groups -OCH3 is 2. The zero-order valence-electron chi connectivity index (χ0n) is 11.9. The predicted molar refractivity (Wildman–Crippen MR) is 69.9 cm³/mol. The van der Waals surface area contributed by atoms with Gasteiger partial charge >= 0.3 is 29.6 Å². The second-order valence-corrected chi connectivity index (χ2v) is 3.58. The van der Waals surface area contributed by atoms with Gasteiger partial charge in [-0.15, -0.1) is 0 Å². The Labute approximate surface area is 144 Å². The summed E-state index contributed by atoms with van der Waals surface area (Å²) in [5, 5.41) is 20.2. The average Bonchev–Trinajstić information content (AvgIpc) is 2.44. The van der Waals surface area contributed by atoms with E-state index in [1.54, 1.807) is 18.2 Å². The van der Waals surface area contributed by atoms with Crippen molar-refractivity contribution < 1.29 is 54.0 Å². The number of allylic oxidation sites excluding steroid dienone is 2. The van der Waals surface area contributed by atoms with Crippen molar-refractivity contribution in [2.45, 2.75) is 0 Å². The third kappa shape index (κ3) is 5.16. The molecule has 1 aromatic rings. The third-order valence-corrected chi connectivity index (χ3v) is 2.37. The van der Waals surface area contributed by atoms with Gasteiger partial charge < -0.3 is 24.5 Å². The van der Waals surface area contributed by atoms with Gasteiger partial charge in [-0.25, -0.2) is 4.85 Å². The molecule has 0 aliphatic rings.